The summed E-state index contributed by atoms with van der Waals surface area (Å²) in [5, 5.41) is 8.72. The third kappa shape index (κ3) is 1.53. The summed E-state index contributed by atoms with van der Waals surface area (Å²) in [5.74, 6) is 0.400. The van der Waals surface area contributed by atoms with Gasteiger partial charge in [-0.1, -0.05) is 0 Å². The molecule has 0 atom stereocenters. The summed E-state index contributed by atoms with van der Waals surface area (Å²) < 4.78 is 24.3. The summed E-state index contributed by atoms with van der Waals surface area (Å²) >= 11 is 0. The molecule has 0 N–H and O–H groups in total. The second-order valence-electron chi connectivity index (χ2n) is 3.56. The van der Waals surface area contributed by atoms with Crippen LogP contribution in [0.2, 0.25) is 0 Å². The first-order valence-corrected chi connectivity index (χ1v) is 5.10. The highest BCUT2D eigenvalue weighted by Crippen LogP contribution is 2.35. The molecule has 1 aliphatic rings. The van der Waals surface area contributed by atoms with Gasteiger partial charge in [-0.25, -0.2) is 14.4 Å². The largest absolute Gasteiger partial charge is 0.454 e. The summed E-state index contributed by atoms with van der Waals surface area (Å²) in [4.78, 5) is 7.40. The van der Waals surface area contributed by atoms with Crippen LogP contribution in [0.3, 0.4) is 0 Å². The van der Waals surface area contributed by atoms with E-state index in [0.717, 1.165) is 6.33 Å². The molecule has 0 aliphatic carbocycles. The summed E-state index contributed by atoms with van der Waals surface area (Å²) in [6.45, 7) is 0.147. The quantitative estimate of drug-likeness (QED) is 0.764. The Bertz CT molecular complexity index is 667. The van der Waals surface area contributed by atoms with Gasteiger partial charge in [-0.05, 0) is 18.2 Å². The van der Waals surface area contributed by atoms with Gasteiger partial charge < -0.3 is 9.47 Å². The van der Waals surface area contributed by atoms with Crippen molar-refractivity contribution in [2.45, 2.75) is 0 Å². The number of ether oxygens (including phenoxy) is 2. The second-order valence-corrected chi connectivity index (χ2v) is 3.56. The Kier molecular flexibility index (Phi) is 2.31. The van der Waals surface area contributed by atoms with E-state index in [2.05, 4.69) is 9.97 Å². The van der Waals surface area contributed by atoms with Gasteiger partial charge >= 0.3 is 0 Å². The third-order valence-electron chi connectivity index (χ3n) is 2.54. The van der Waals surface area contributed by atoms with Crippen molar-refractivity contribution < 1.29 is 13.9 Å². The predicted molar refractivity (Wildman–Crippen MR) is 58.3 cm³/mol. The fourth-order valence-corrected chi connectivity index (χ4v) is 1.69. The van der Waals surface area contributed by atoms with Gasteiger partial charge in [-0.2, -0.15) is 5.26 Å². The number of halogens is 1. The highest BCUT2D eigenvalue weighted by Gasteiger charge is 2.17. The zero-order chi connectivity index (χ0) is 12.5. The fraction of sp³-hybridized carbons (Fsp3) is 0.0833. The van der Waals surface area contributed by atoms with Crippen LogP contribution in [0.25, 0.3) is 11.3 Å². The lowest BCUT2D eigenvalue weighted by molar-refractivity contribution is 0.174. The SMILES string of the molecule is N#Cc1ncnc(-c2ccc3c(c2)OCO3)c1F. The molecule has 6 heteroatoms. The minimum absolute atomic E-state index is 0.0693. The van der Waals surface area contributed by atoms with Crippen LogP contribution >= 0.6 is 0 Å². The van der Waals surface area contributed by atoms with Gasteiger partial charge in [0.1, 0.15) is 18.1 Å². The molecule has 0 amide bonds. The Balaban J connectivity index is 2.13. The van der Waals surface area contributed by atoms with E-state index in [0.29, 0.717) is 17.1 Å². The van der Waals surface area contributed by atoms with Crippen molar-refractivity contribution in [1.29, 1.82) is 5.26 Å². The maximum absolute atomic E-state index is 13.9. The Morgan fingerprint density at radius 1 is 1.22 bits per heavy atom. The topological polar surface area (TPSA) is 68.0 Å². The molecule has 1 aliphatic heterocycles. The number of hydrogen-bond donors (Lipinski definition) is 0. The Labute approximate surface area is 101 Å². The number of fused-ring (bicyclic) bond motifs is 1. The van der Waals surface area contributed by atoms with Gasteiger partial charge in [0.2, 0.25) is 6.79 Å². The van der Waals surface area contributed by atoms with Gasteiger partial charge in [-0.3, -0.25) is 0 Å². The lowest BCUT2D eigenvalue weighted by Gasteiger charge is -2.04. The Morgan fingerprint density at radius 3 is 2.89 bits per heavy atom. The molecule has 5 nitrogen and oxygen atoms in total. The van der Waals surface area contributed by atoms with Gasteiger partial charge in [0, 0.05) is 5.56 Å². The molecule has 0 saturated carbocycles. The molecule has 0 saturated heterocycles. The van der Waals surface area contributed by atoms with Crippen LogP contribution < -0.4 is 9.47 Å². The molecular formula is C12H6FN3O2. The maximum Gasteiger partial charge on any atom is 0.231 e. The smallest absolute Gasteiger partial charge is 0.231 e. The van der Waals surface area contributed by atoms with Gasteiger partial charge in [0.05, 0.1) is 0 Å². The molecule has 0 radical (unpaired) electrons. The molecule has 0 spiro atoms. The van der Waals surface area contributed by atoms with Crippen LogP contribution in [0.15, 0.2) is 24.5 Å². The summed E-state index contributed by atoms with van der Waals surface area (Å²) in [7, 11) is 0. The summed E-state index contributed by atoms with van der Waals surface area (Å²) in [5.41, 5.74) is 0.299. The van der Waals surface area contributed by atoms with E-state index in [4.69, 9.17) is 14.7 Å². The Morgan fingerprint density at radius 2 is 2.06 bits per heavy atom. The number of benzene rings is 1. The van der Waals surface area contributed by atoms with E-state index >= 15 is 0 Å². The van der Waals surface area contributed by atoms with Crippen molar-refractivity contribution in [3.8, 4) is 28.8 Å². The number of aromatic nitrogens is 2. The summed E-state index contributed by atoms with van der Waals surface area (Å²) in [6.07, 6.45) is 1.15. The third-order valence-corrected chi connectivity index (χ3v) is 2.54. The average molecular weight is 243 g/mol. The first-order chi connectivity index (χ1) is 8.79. The lowest BCUT2D eigenvalue weighted by Crippen LogP contribution is -1.96. The minimum atomic E-state index is -0.737. The number of nitrogens with zero attached hydrogens (tertiary/aromatic N) is 3. The van der Waals surface area contributed by atoms with E-state index < -0.39 is 5.82 Å². The van der Waals surface area contributed by atoms with Crippen LogP contribution in [0.4, 0.5) is 4.39 Å². The van der Waals surface area contributed by atoms with Crippen LogP contribution in [0.1, 0.15) is 5.69 Å². The number of nitriles is 1. The zero-order valence-electron chi connectivity index (χ0n) is 9.05. The van der Waals surface area contributed by atoms with Crippen molar-refractivity contribution in [3.05, 3.63) is 36.0 Å². The molecule has 1 aromatic carbocycles. The fourth-order valence-electron chi connectivity index (χ4n) is 1.69. The second kappa shape index (κ2) is 3.96. The maximum atomic E-state index is 13.9. The highest BCUT2D eigenvalue weighted by molar-refractivity contribution is 5.65. The van der Waals surface area contributed by atoms with E-state index in [-0.39, 0.29) is 18.2 Å². The van der Waals surface area contributed by atoms with Crippen molar-refractivity contribution >= 4 is 0 Å². The Hall–Kier alpha value is -2.68. The summed E-state index contributed by atoms with van der Waals surface area (Å²) in [6, 6.07) is 6.62. The van der Waals surface area contributed by atoms with Gasteiger partial charge in [0.25, 0.3) is 0 Å². The lowest BCUT2D eigenvalue weighted by atomic mass is 10.1. The molecular weight excluding hydrogens is 237 g/mol. The molecule has 3 rings (SSSR count). The van der Waals surface area contributed by atoms with Crippen molar-refractivity contribution in [3.63, 3.8) is 0 Å². The molecule has 1 aromatic heterocycles. The van der Waals surface area contributed by atoms with E-state index in [1.54, 1.807) is 24.3 Å². The van der Waals surface area contributed by atoms with Crippen molar-refractivity contribution in [2.24, 2.45) is 0 Å². The van der Waals surface area contributed by atoms with Crippen LogP contribution in [-0.4, -0.2) is 16.8 Å². The highest BCUT2D eigenvalue weighted by atomic mass is 19.1. The van der Waals surface area contributed by atoms with Gasteiger partial charge in [-0.15, -0.1) is 0 Å². The molecule has 0 fully saturated rings. The minimum Gasteiger partial charge on any atom is -0.454 e. The number of hydrogen-bond acceptors (Lipinski definition) is 5. The zero-order valence-corrected chi connectivity index (χ0v) is 9.05. The van der Waals surface area contributed by atoms with E-state index in [1.807, 2.05) is 0 Å². The molecule has 0 unspecified atom stereocenters. The van der Waals surface area contributed by atoms with Gasteiger partial charge in [0.15, 0.2) is 23.0 Å². The normalized spacial score (nSPS) is 12.2. The van der Waals surface area contributed by atoms with Crippen LogP contribution in [0.5, 0.6) is 11.5 Å². The van der Waals surface area contributed by atoms with E-state index in [1.165, 1.54) is 0 Å². The van der Waals surface area contributed by atoms with Crippen molar-refractivity contribution in [2.75, 3.05) is 6.79 Å². The standard InChI is InChI=1S/C12H6FN3O2/c13-11-8(4-14)15-5-16-12(11)7-1-2-9-10(3-7)18-6-17-9/h1-3,5H,6H2. The first kappa shape index (κ1) is 10.5. The molecule has 18 heavy (non-hydrogen) atoms. The van der Waals surface area contributed by atoms with Crippen LogP contribution in [0, 0.1) is 17.1 Å². The van der Waals surface area contributed by atoms with Crippen molar-refractivity contribution in [1.82, 2.24) is 9.97 Å². The average Bonchev–Trinajstić information content (AvgIpc) is 2.86. The van der Waals surface area contributed by atoms with E-state index in [9.17, 15) is 4.39 Å². The molecule has 2 heterocycles. The number of rotatable bonds is 1. The monoisotopic (exact) mass is 243 g/mol. The molecule has 88 valence electrons. The first-order valence-electron chi connectivity index (χ1n) is 5.10. The predicted octanol–water partition coefficient (Wildman–Crippen LogP) is 1.88. The molecule has 2 aromatic rings. The van der Waals surface area contributed by atoms with Crippen LogP contribution in [-0.2, 0) is 0 Å². The molecule has 0 bridgehead atoms.